The van der Waals surface area contributed by atoms with Gasteiger partial charge in [0.15, 0.2) is 0 Å². The maximum absolute atomic E-state index is 5.53. The van der Waals surface area contributed by atoms with Crippen LogP contribution in [0.15, 0.2) is 18.2 Å². The number of fused-ring (bicyclic) bond motifs is 1. The third-order valence-corrected chi connectivity index (χ3v) is 3.46. The van der Waals surface area contributed by atoms with Crippen LogP contribution in [0.1, 0.15) is 18.1 Å². The molecule has 0 saturated heterocycles. The number of hydrogen-bond acceptors (Lipinski definition) is 3. The fourth-order valence-electron chi connectivity index (χ4n) is 2.27. The van der Waals surface area contributed by atoms with E-state index >= 15 is 0 Å². The Kier molecular flexibility index (Phi) is 5.02. The average molecular weight is 248 g/mol. The molecule has 0 radical (unpaired) electrons. The van der Waals surface area contributed by atoms with E-state index in [4.69, 9.17) is 4.74 Å². The highest BCUT2D eigenvalue weighted by Gasteiger charge is 2.11. The number of ether oxygens (including phenoxy) is 1. The molecule has 18 heavy (non-hydrogen) atoms. The van der Waals surface area contributed by atoms with Crippen molar-refractivity contribution in [3.8, 4) is 5.75 Å². The molecule has 0 unspecified atom stereocenters. The predicted octanol–water partition coefficient (Wildman–Crippen LogP) is 1.71. The molecule has 3 nitrogen and oxygen atoms in total. The van der Waals surface area contributed by atoms with Gasteiger partial charge in [-0.1, -0.05) is 19.1 Å². The SMILES string of the molecule is CCNCCN(C)CCc1ccc2c(c1)CCO2. The second-order valence-corrected chi connectivity index (χ2v) is 4.95. The molecule has 0 atom stereocenters. The first-order valence-corrected chi connectivity index (χ1v) is 6.93. The lowest BCUT2D eigenvalue weighted by atomic mass is 10.1. The van der Waals surface area contributed by atoms with Crippen LogP contribution in [0.4, 0.5) is 0 Å². The molecule has 0 fully saturated rings. The van der Waals surface area contributed by atoms with Crippen LogP contribution in [-0.2, 0) is 12.8 Å². The summed E-state index contributed by atoms with van der Waals surface area (Å²) in [6.07, 6.45) is 2.19. The van der Waals surface area contributed by atoms with Crippen molar-refractivity contribution in [2.24, 2.45) is 0 Å². The van der Waals surface area contributed by atoms with Crippen molar-refractivity contribution < 1.29 is 4.74 Å². The molecule has 1 aromatic rings. The van der Waals surface area contributed by atoms with Gasteiger partial charge in [0.25, 0.3) is 0 Å². The van der Waals surface area contributed by atoms with Gasteiger partial charge in [-0.2, -0.15) is 0 Å². The summed E-state index contributed by atoms with van der Waals surface area (Å²) in [6, 6.07) is 6.62. The van der Waals surface area contributed by atoms with Gasteiger partial charge in [-0.3, -0.25) is 0 Å². The van der Waals surface area contributed by atoms with E-state index in [1.54, 1.807) is 0 Å². The van der Waals surface area contributed by atoms with Crippen LogP contribution in [0.25, 0.3) is 0 Å². The third-order valence-electron chi connectivity index (χ3n) is 3.46. The van der Waals surface area contributed by atoms with Crippen molar-refractivity contribution in [2.45, 2.75) is 19.8 Å². The average Bonchev–Trinajstić information content (AvgIpc) is 2.84. The van der Waals surface area contributed by atoms with Gasteiger partial charge < -0.3 is 15.0 Å². The number of rotatable bonds is 7. The molecular weight excluding hydrogens is 224 g/mol. The van der Waals surface area contributed by atoms with Gasteiger partial charge in [-0.15, -0.1) is 0 Å². The Morgan fingerprint density at radius 3 is 3.06 bits per heavy atom. The van der Waals surface area contributed by atoms with Crippen LogP contribution in [-0.4, -0.2) is 44.7 Å². The van der Waals surface area contributed by atoms with Crippen molar-refractivity contribution in [1.29, 1.82) is 0 Å². The van der Waals surface area contributed by atoms with Gasteiger partial charge in [0.2, 0.25) is 0 Å². The Morgan fingerprint density at radius 1 is 1.33 bits per heavy atom. The number of nitrogens with one attached hydrogen (secondary N) is 1. The smallest absolute Gasteiger partial charge is 0.122 e. The summed E-state index contributed by atoms with van der Waals surface area (Å²) in [5.74, 6) is 1.08. The van der Waals surface area contributed by atoms with Crippen LogP contribution in [0.2, 0.25) is 0 Å². The van der Waals surface area contributed by atoms with Crippen molar-refractivity contribution in [1.82, 2.24) is 10.2 Å². The molecule has 1 aliphatic heterocycles. The quantitative estimate of drug-likeness (QED) is 0.743. The van der Waals surface area contributed by atoms with Crippen molar-refractivity contribution in [3.63, 3.8) is 0 Å². The summed E-state index contributed by atoms with van der Waals surface area (Å²) in [5, 5.41) is 3.35. The van der Waals surface area contributed by atoms with Crippen LogP contribution in [0.5, 0.6) is 5.75 Å². The summed E-state index contributed by atoms with van der Waals surface area (Å²) in [4.78, 5) is 2.38. The monoisotopic (exact) mass is 248 g/mol. The minimum atomic E-state index is 0.849. The molecule has 0 spiro atoms. The van der Waals surface area contributed by atoms with Crippen LogP contribution >= 0.6 is 0 Å². The topological polar surface area (TPSA) is 24.5 Å². The molecular formula is C15H24N2O. The zero-order valence-electron chi connectivity index (χ0n) is 11.5. The van der Waals surface area contributed by atoms with Gasteiger partial charge in [0, 0.05) is 26.1 Å². The zero-order valence-corrected chi connectivity index (χ0v) is 11.5. The van der Waals surface area contributed by atoms with E-state index in [0.29, 0.717) is 0 Å². The highest BCUT2D eigenvalue weighted by Crippen LogP contribution is 2.25. The molecule has 0 bridgehead atoms. The predicted molar refractivity (Wildman–Crippen MR) is 75.4 cm³/mol. The fraction of sp³-hybridized carbons (Fsp3) is 0.600. The van der Waals surface area contributed by atoms with Gasteiger partial charge in [-0.05, 0) is 37.2 Å². The van der Waals surface area contributed by atoms with Gasteiger partial charge >= 0.3 is 0 Å². The van der Waals surface area contributed by atoms with E-state index in [0.717, 1.165) is 51.4 Å². The molecule has 0 amide bonds. The summed E-state index contributed by atoms with van der Waals surface area (Å²) < 4.78 is 5.53. The van der Waals surface area contributed by atoms with Crippen molar-refractivity contribution >= 4 is 0 Å². The summed E-state index contributed by atoms with van der Waals surface area (Å²) in [5.41, 5.74) is 2.80. The Morgan fingerprint density at radius 2 is 2.22 bits per heavy atom. The first kappa shape index (κ1) is 13.4. The van der Waals surface area contributed by atoms with Gasteiger partial charge in [-0.25, -0.2) is 0 Å². The second kappa shape index (κ2) is 6.76. The van der Waals surface area contributed by atoms with Crippen molar-refractivity contribution in [2.75, 3.05) is 39.8 Å². The Balaban J connectivity index is 1.76. The Labute approximate surface area is 110 Å². The highest BCUT2D eigenvalue weighted by molar-refractivity contribution is 5.39. The molecule has 1 N–H and O–H groups in total. The maximum Gasteiger partial charge on any atom is 0.122 e. The minimum absolute atomic E-state index is 0.849. The lowest BCUT2D eigenvalue weighted by molar-refractivity contribution is 0.337. The summed E-state index contributed by atoms with van der Waals surface area (Å²) in [7, 11) is 2.19. The van der Waals surface area contributed by atoms with E-state index in [1.807, 2.05) is 0 Å². The summed E-state index contributed by atoms with van der Waals surface area (Å²) >= 11 is 0. The van der Waals surface area contributed by atoms with E-state index in [1.165, 1.54) is 11.1 Å². The molecule has 3 heteroatoms. The molecule has 0 aliphatic carbocycles. The fourth-order valence-corrected chi connectivity index (χ4v) is 2.27. The molecule has 1 aliphatic rings. The van der Waals surface area contributed by atoms with Gasteiger partial charge in [0.05, 0.1) is 6.61 Å². The number of hydrogen-bond donors (Lipinski definition) is 1. The first-order valence-electron chi connectivity index (χ1n) is 6.93. The van der Waals surface area contributed by atoms with Crippen LogP contribution in [0, 0.1) is 0 Å². The van der Waals surface area contributed by atoms with E-state index in [-0.39, 0.29) is 0 Å². The molecule has 1 aromatic carbocycles. The lowest BCUT2D eigenvalue weighted by Crippen LogP contribution is -2.30. The molecule has 1 heterocycles. The molecule has 100 valence electrons. The minimum Gasteiger partial charge on any atom is -0.493 e. The zero-order chi connectivity index (χ0) is 12.8. The third kappa shape index (κ3) is 3.72. The Bertz CT molecular complexity index is 379. The summed E-state index contributed by atoms with van der Waals surface area (Å²) in [6.45, 7) is 7.35. The lowest BCUT2D eigenvalue weighted by Gasteiger charge is -2.16. The van der Waals surface area contributed by atoms with E-state index < -0.39 is 0 Å². The number of likely N-dealkylation sites (N-methyl/N-ethyl adjacent to an activating group) is 2. The van der Waals surface area contributed by atoms with Gasteiger partial charge in [0.1, 0.15) is 5.75 Å². The largest absolute Gasteiger partial charge is 0.493 e. The number of benzene rings is 1. The van der Waals surface area contributed by atoms with Crippen LogP contribution < -0.4 is 10.1 Å². The standard InChI is InChI=1S/C15H24N2O/c1-3-16-8-10-17(2)9-6-13-4-5-15-14(12-13)7-11-18-15/h4-5,12,16H,3,6-11H2,1-2H3. The maximum atomic E-state index is 5.53. The molecule has 2 rings (SSSR count). The normalized spacial score (nSPS) is 13.7. The molecule has 0 saturated carbocycles. The Hall–Kier alpha value is -1.06. The first-order chi connectivity index (χ1) is 8.79. The molecule has 0 aromatic heterocycles. The highest BCUT2D eigenvalue weighted by atomic mass is 16.5. The second-order valence-electron chi connectivity index (χ2n) is 4.95. The van der Waals surface area contributed by atoms with Crippen molar-refractivity contribution in [3.05, 3.63) is 29.3 Å². The van der Waals surface area contributed by atoms with Crippen LogP contribution in [0.3, 0.4) is 0 Å². The van der Waals surface area contributed by atoms with E-state index in [9.17, 15) is 0 Å². The van der Waals surface area contributed by atoms with E-state index in [2.05, 4.69) is 42.4 Å². The number of nitrogens with zero attached hydrogens (tertiary/aromatic N) is 1.